The number of urea groups is 1. The second-order valence-electron chi connectivity index (χ2n) is 6.02. The summed E-state index contributed by atoms with van der Waals surface area (Å²) in [6.07, 6.45) is 3.47. The Labute approximate surface area is 139 Å². The normalized spacial score (nSPS) is 15.0. The molecule has 0 saturated heterocycles. The molecular formula is C18H19F2N3O. The Kier molecular flexibility index (Phi) is 4.74. The van der Waals surface area contributed by atoms with Crippen LogP contribution in [0.1, 0.15) is 37.1 Å². The topological polar surface area (TPSA) is 45.2 Å². The van der Waals surface area contributed by atoms with Gasteiger partial charge in [-0.3, -0.25) is 4.98 Å². The first-order chi connectivity index (χ1) is 11.5. The molecule has 0 spiro atoms. The van der Waals surface area contributed by atoms with E-state index in [1.165, 1.54) is 12.1 Å². The molecule has 0 bridgehead atoms. The fraction of sp³-hybridized carbons (Fsp3) is 0.333. The number of hydrogen-bond donors (Lipinski definition) is 1. The van der Waals surface area contributed by atoms with E-state index in [-0.39, 0.29) is 24.7 Å². The van der Waals surface area contributed by atoms with Gasteiger partial charge in [-0.25, -0.2) is 13.6 Å². The third-order valence-corrected chi connectivity index (χ3v) is 4.08. The number of pyridine rings is 1. The SMILES string of the molecule is C[C@H](NC(=O)N(Cc1ccc(F)cc1F)C1CC1)c1ccccn1. The first-order valence-corrected chi connectivity index (χ1v) is 7.96. The maximum Gasteiger partial charge on any atom is 0.318 e. The highest BCUT2D eigenvalue weighted by atomic mass is 19.1. The molecule has 1 N–H and O–H groups in total. The molecule has 2 amide bonds. The molecule has 4 nitrogen and oxygen atoms in total. The van der Waals surface area contributed by atoms with Gasteiger partial charge in [0.25, 0.3) is 0 Å². The van der Waals surface area contributed by atoms with Gasteiger partial charge in [0.05, 0.1) is 18.3 Å². The van der Waals surface area contributed by atoms with Crippen LogP contribution in [0.5, 0.6) is 0 Å². The Balaban J connectivity index is 1.70. The van der Waals surface area contributed by atoms with Crippen LogP contribution < -0.4 is 5.32 Å². The summed E-state index contributed by atoms with van der Waals surface area (Å²) in [6, 6.07) is 8.53. The number of carbonyl (C=O) groups excluding carboxylic acids is 1. The molecule has 126 valence electrons. The Morgan fingerprint density at radius 2 is 2.12 bits per heavy atom. The van der Waals surface area contributed by atoms with Gasteiger partial charge in [0.2, 0.25) is 0 Å². The maximum atomic E-state index is 13.9. The first kappa shape index (κ1) is 16.4. The van der Waals surface area contributed by atoms with Crippen molar-refractivity contribution in [3.8, 4) is 0 Å². The molecular weight excluding hydrogens is 312 g/mol. The number of nitrogens with one attached hydrogen (secondary N) is 1. The first-order valence-electron chi connectivity index (χ1n) is 7.96. The van der Waals surface area contributed by atoms with Crippen molar-refractivity contribution in [2.24, 2.45) is 0 Å². The van der Waals surface area contributed by atoms with Gasteiger partial charge in [-0.15, -0.1) is 0 Å². The van der Waals surface area contributed by atoms with Gasteiger partial charge in [-0.05, 0) is 38.0 Å². The van der Waals surface area contributed by atoms with Gasteiger partial charge < -0.3 is 10.2 Å². The number of rotatable bonds is 5. The molecule has 0 radical (unpaired) electrons. The summed E-state index contributed by atoms with van der Waals surface area (Å²) < 4.78 is 26.9. The third-order valence-electron chi connectivity index (χ3n) is 4.08. The highest BCUT2D eigenvalue weighted by Gasteiger charge is 2.33. The van der Waals surface area contributed by atoms with Crippen molar-refractivity contribution in [1.82, 2.24) is 15.2 Å². The van der Waals surface area contributed by atoms with Crippen molar-refractivity contribution >= 4 is 6.03 Å². The molecule has 3 rings (SSSR count). The number of nitrogens with zero attached hydrogens (tertiary/aromatic N) is 2. The molecule has 6 heteroatoms. The van der Waals surface area contributed by atoms with Crippen molar-refractivity contribution in [2.75, 3.05) is 0 Å². The molecule has 1 fully saturated rings. The lowest BCUT2D eigenvalue weighted by Crippen LogP contribution is -2.42. The summed E-state index contributed by atoms with van der Waals surface area (Å²) in [7, 11) is 0. The lowest BCUT2D eigenvalue weighted by Gasteiger charge is -2.25. The van der Waals surface area contributed by atoms with E-state index in [0.717, 1.165) is 24.6 Å². The van der Waals surface area contributed by atoms with Crippen LogP contribution >= 0.6 is 0 Å². The van der Waals surface area contributed by atoms with E-state index in [0.29, 0.717) is 5.56 Å². The van der Waals surface area contributed by atoms with E-state index in [9.17, 15) is 13.6 Å². The van der Waals surface area contributed by atoms with Crippen molar-refractivity contribution in [1.29, 1.82) is 0 Å². The van der Waals surface area contributed by atoms with E-state index >= 15 is 0 Å². The quantitative estimate of drug-likeness (QED) is 0.906. The molecule has 24 heavy (non-hydrogen) atoms. The van der Waals surface area contributed by atoms with E-state index in [4.69, 9.17) is 0 Å². The van der Waals surface area contributed by atoms with Crippen LogP contribution in [0.3, 0.4) is 0 Å². The van der Waals surface area contributed by atoms with Crippen molar-refractivity contribution in [3.05, 3.63) is 65.5 Å². The minimum Gasteiger partial charge on any atom is -0.330 e. The zero-order valence-electron chi connectivity index (χ0n) is 13.4. The highest BCUT2D eigenvalue weighted by Crippen LogP contribution is 2.29. The van der Waals surface area contributed by atoms with Crippen LogP contribution in [0.25, 0.3) is 0 Å². The molecule has 0 aliphatic heterocycles. The smallest absolute Gasteiger partial charge is 0.318 e. The van der Waals surface area contributed by atoms with Gasteiger partial charge in [0, 0.05) is 23.9 Å². The number of carbonyl (C=O) groups is 1. The van der Waals surface area contributed by atoms with Gasteiger partial charge in [0.15, 0.2) is 0 Å². The number of amides is 2. The summed E-state index contributed by atoms with van der Waals surface area (Å²) in [5, 5.41) is 2.90. The molecule has 0 unspecified atom stereocenters. The predicted octanol–water partition coefficient (Wildman–Crippen LogP) is 3.80. The number of halogens is 2. The van der Waals surface area contributed by atoms with Crippen molar-refractivity contribution < 1.29 is 13.6 Å². The van der Waals surface area contributed by atoms with E-state index < -0.39 is 11.6 Å². The average molecular weight is 331 g/mol. The van der Waals surface area contributed by atoms with E-state index in [1.807, 2.05) is 25.1 Å². The van der Waals surface area contributed by atoms with Gasteiger partial charge in [-0.2, -0.15) is 0 Å². The number of aromatic nitrogens is 1. The summed E-state index contributed by atoms with van der Waals surface area (Å²) in [6.45, 7) is 1.97. The molecule has 1 heterocycles. The minimum atomic E-state index is -0.633. The Bertz CT molecular complexity index is 719. The van der Waals surface area contributed by atoms with Crippen LogP contribution in [0.2, 0.25) is 0 Å². The molecule has 1 aromatic heterocycles. The van der Waals surface area contributed by atoms with Crippen LogP contribution in [0.4, 0.5) is 13.6 Å². The lowest BCUT2D eigenvalue weighted by atomic mass is 10.2. The Morgan fingerprint density at radius 3 is 2.75 bits per heavy atom. The van der Waals surface area contributed by atoms with Gasteiger partial charge in [-0.1, -0.05) is 12.1 Å². The van der Waals surface area contributed by atoms with Crippen molar-refractivity contribution in [2.45, 2.75) is 38.4 Å². The fourth-order valence-electron chi connectivity index (χ4n) is 2.56. The largest absolute Gasteiger partial charge is 0.330 e. The second-order valence-corrected chi connectivity index (χ2v) is 6.02. The second kappa shape index (κ2) is 6.95. The van der Waals surface area contributed by atoms with Crippen LogP contribution in [-0.4, -0.2) is 22.0 Å². The fourth-order valence-corrected chi connectivity index (χ4v) is 2.56. The zero-order chi connectivity index (χ0) is 17.1. The molecule has 1 aliphatic carbocycles. The molecule has 1 aliphatic rings. The van der Waals surface area contributed by atoms with Crippen LogP contribution in [-0.2, 0) is 6.54 Å². The molecule has 1 aromatic carbocycles. The zero-order valence-corrected chi connectivity index (χ0v) is 13.4. The monoisotopic (exact) mass is 331 g/mol. The lowest BCUT2D eigenvalue weighted by molar-refractivity contribution is 0.187. The Hall–Kier alpha value is -2.50. The average Bonchev–Trinajstić information content (AvgIpc) is 3.39. The number of hydrogen-bond acceptors (Lipinski definition) is 2. The van der Waals surface area contributed by atoms with Crippen LogP contribution in [0, 0.1) is 11.6 Å². The summed E-state index contributed by atoms with van der Waals surface area (Å²) in [4.78, 5) is 18.4. The molecule has 2 aromatic rings. The predicted molar refractivity (Wildman–Crippen MR) is 86.1 cm³/mol. The molecule has 1 saturated carbocycles. The van der Waals surface area contributed by atoms with Crippen molar-refractivity contribution in [3.63, 3.8) is 0 Å². The highest BCUT2D eigenvalue weighted by molar-refractivity contribution is 5.75. The standard InChI is InChI=1S/C18H19F2N3O/c1-12(17-4-2-3-9-21-17)22-18(24)23(15-7-8-15)11-13-5-6-14(19)10-16(13)20/h2-6,9-10,12,15H,7-8,11H2,1H3,(H,22,24)/t12-/m0/s1. The number of benzene rings is 1. The Morgan fingerprint density at radius 1 is 1.33 bits per heavy atom. The minimum absolute atomic E-state index is 0.102. The van der Waals surface area contributed by atoms with E-state index in [1.54, 1.807) is 11.1 Å². The van der Waals surface area contributed by atoms with Gasteiger partial charge in [0.1, 0.15) is 11.6 Å². The maximum absolute atomic E-state index is 13.9. The van der Waals surface area contributed by atoms with Crippen LogP contribution in [0.15, 0.2) is 42.6 Å². The summed E-state index contributed by atoms with van der Waals surface area (Å²) in [5.41, 5.74) is 1.07. The molecule has 1 atom stereocenters. The van der Waals surface area contributed by atoms with Gasteiger partial charge >= 0.3 is 6.03 Å². The summed E-state index contributed by atoms with van der Waals surface area (Å²) in [5.74, 6) is -1.26. The summed E-state index contributed by atoms with van der Waals surface area (Å²) >= 11 is 0. The third kappa shape index (κ3) is 3.88. The van der Waals surface area contributed by atoms with E-state index in [2.05, 4.69) is 10.3 Å².